The normalized spacial score (nSPS) is 8.18. The van der Waals surface area contributed by atoms with Gasteiger partial charge in [0.1, 0.15) is 0 Å². The van der Waals surface area contributed by atoms with Gasteiger partial charge >= 0.3 is 5.97 Å². The van der Waals surface area contributed by atoms with E-state index in [1.807, 2.05) is 0 Å². The lowest BCUT2D eigenvalue weighted by Crippen LogP contribution is -2.18. The highest BCUT2D eigenvalue weighted by atomic mass is 16.5. The van der Waals surface area contributed by atoms with Crippen molar-refractivity contribution in [3.8, 4) is 11.8 Å². The zero-order valence-corrected chi connectivity index (χ0v) is 6.94. The Balaban J connectivity index is 3.12. The fourth-order valence-electron chi connectivity index (χ4n) is 0.532. The Kier molecular flexibility index (Phi) is 6.45. The van der Waals surface area contributed by atoms with Gasteiger partial charge in [-0.15, -0.1) is 5.92 Å². The number of hydrogen-bond acceptors (Lipinski definition) is 3. The van der Waals surface area contributed by atoms with Crippen molar-refractivity contribution in [3.05, 3.63) is 0 Å². The average Bonchev–Trinajstić information content (AvgIpc) is 2.04. The quantitative estimate of drug-likeness (QED) is 0.357. The van der Waals surface area contributed by atoms with Crippen molar-refractivity contribution in [2.45, 2.75) is 13.3 Å². The fourth-order valence-corrected chi connectivity index (χ4v) is 0.532. The van der Waals surface area contributed by atoms with E-state index in [9.17, 15) is 4.79 Å². The smallest absolute Gasteiger partial charge is 0.306 e. The van der Waals surface area contributed by atoms with Gasteiger partial charge in [0.2, 0.25) is 0 Å². The Bertz CT molecular complexity index is 167. The second-order valence-corrected chi connectivity index (χ2v) is 1.93. The van der Waals surface area contributed by atoms with E-state index in [0.717, 1.165) is 0 Å². The van der Waals surface area contributed by atoms with E-state index in [-0.39, 0.29) is 5.97 Å². The molecule has 0 radical (unpaired) electrons. The number of esters is 1. The van der Waals surface area contributed by atoms with Crippen molar-refractivity contribution in [3.63, 3.8) is 0 Å². The van der Waals surface area contributed by atoms with E-state index in [2.05, 4.69) is 21.9 Å². The Morgan fingerprint density at radius 1 is 1.64 bits per heavy atom. The van der Waals surface area contributed by atoms with Gasteiger partial charge in [0.25, 0.3) is 0 Å². The Morgan fingerprint density at radius 3 is 2.91 bits per heavy atom. The van der Waals surface area contributed by atoms with E-state index < -0.39 is 0 Å². The first-order valence-corrected chi connectivity index (χ1v) is 3.48. The van der Waals surface area contributed by atoms with Gasteiger partial charge in [-0.3, -0.25) is 4.79 Å². The lowest BCUT2D eigenvalue weighted by Gasteiger charge is -1.98. The van der Waals surface area contributed by atoms with Crippen molar-refractivity contribution < 1.29 is 9.53 Å². The van der Waals surface area contributed by atoms with Gasteiger partial charge in [-0.2, -0.15) is 0 Å². The molecule has 0 bridgehead atoms. The minimum absolute atomic E-state index is 0.193. The highest BCUT2D eigenvalue weighted by molar-refractivity contribution is 5.69. The van der Waals surface area contributed by atoms with Crippen LogP contribution in [0.25, 0.3) is 0 Å². The number of methoxy groups -OCH3 is 1. The maximum atomic E-state index is 10.5. The molecule has 0 atom stereocenters. The predicted molar refractivity (Wildman–Crippen MR) is 43.0 cm³/mol. The Morgan fingerprint density at radius 2 is 2.36 bits per heavy atom. The van der Waals surface area contributed by atoms with Crippen LogP contribution in [-0.4, -0.2) is 26.2 Å². The zero-order valence-electron chi connectivity index (χ0n) is 6.94. The van der Waals surface area contributed by atoms with Gasteiger partial charge in [-0.25, -0.2) is 0 Å². The molecule has 11 heavy (non-hydrogen) atoms. The number of carbonyl (C=O) groups excluding carboxylic acids is 1. The lowest BCUT2D eigenvalue weighted by atomic mass is 10.4. The van der Waals surface area contributed by atoms with Crippen LogP contribution in [0.1, 0.15) is 13.3 Å². The molecule has 0 saturated heterocycles. The molecule has 0 spiro atoms. The highest BCUT2D eigenvalue weighted by Crippen LogP contribution is 1.79. The molecule has 0 aromatic heterocycles. The van der Waals surface area contributed by atoms with Crippen LogP contribution in [0, 0.1) is 11.8 Å². The first-order valence-electron chi connectivity index (χ1n) is 3.48. The molecule has 0 amide bonds. The molecule has 62 valence electrons. The second-order valence-electron chi connectivity index (χ2n) is 1.93. The standard InChI is InChI=1S/C8H13NO2/c1-3-4-6-9-7-5-8(10)11-2/h9H,5-7H2,1-2H3. The number of carbonyl (C=O) groups is 1. The summed E-state index contributed by atoms with van der Waals surface area (Å²) in [6.45, 7) is 3.04. The summed E-state index contributed by atoms with van der Waals surface area (Å²) >= 11 is 0. The van der Waals surface area contributed by atoms with Crippen molar-refractivity contribution in [2.75, 3.05) is 20.2 Å². The summed E-state index contributed by atoms with van der Waals surface area (Å²) in [6.07, 6.45) is 0.405. The SMILES string of the molecule is CC#CCNCCC(=O)OC. The molecule has 1 N–H and O–H groups in total. The van der Waals surface area contributed by atoms with Crippen molar-refractivity contribution >= 4 is 5.97 Å². The second kappa shape index (κ2) is 7.10. The summed E-state index contributed by atoms with van der Waals surface area (Å²) in [7, 11) is 1.38. The zero-order chi connectivity index (χ0) is 8.53. The predicted octanol–water partition coefficient (Wildman–Crippen LogP) is 0.162. The Hall–Kier alpha value is -1.01. The fraction of sp³-hybridized carbons (Fsp3) is 0.625. The summed E-state index contributed by atoms with van der Waals surface area (Å²) in [5, 5.41) is 2.98. The van der Waals surface area contributed by atoms with Crippen LogP contribution >= 0.6 is 0 Å². The maximum Gasteiger partial charge on any atom is 0.306 e. The minimum Gasteiger partial charge on any atom is -0.469 e. The van der Waals surface area contributed by atoms with Gasteiger partial charge in [0, 0.05) is 6.54 Å². The molecule has 0 aromatic carbocycles. The van der Waals surface area contributed by atoms with Gasteiger partial charge < -0.3 is 10.1 Å². The molecule has 0 rings (SSSR count). The average molecular weight is 155 g/mol. The van der Waals surface area contributed by atoms with Crippen LogP contribution in [0.15, 0.2) is 0 Å². The molecule has 3 heteroatoms. The third-order valence-electron chi connectivity index (χ3n) is 1.12. The number of hydrogen-bond donors (Lipinski definition) is 1. The van der Waals surface area contributed by atoms with Gasteiger partial charge in [0.15, 0.2) is 0 Å². The van der Waals surface area contributed by atoms with Gasteiger partial charge in [-0.1, -0.05) is 5.92 Å². The van der Waals surface area contributed by atoms with Gasteiger partial charge in [0.05, 0.1) is 20.1 Å². The number of nitrogens with one attached hydrogen (secondary N) is 1. The molecule has 3 nitrogen and oxygen atoms in total. The minimum atomic E-state index is -0.193. The number of rotatable bonds is 4. The van der Waals surface area contributed by atoms with E-state index in [1.54, 1.807) is 6.92 Å². The summed E-state index contributed by atoms with van der Waals surface area (Å²) in [5.41, 5.74) is 0. The molecule has 0 unspecified atom stereocenters. The summed E-state index contributed by atoms with van der Waals surface area (Å²) < 4.78 is 4.44. The van der Waals surface area contributed by atoms with E-state index in [1.165, 1.54) is 7.11 Å². The van der Waals surface area contributed by atoms with Crippen LogP contribution in [-0.2, 0) is 9.53 Å². The number of ether oxygens (including phenoxy) is 1. The first-order chi connectivity index (χ1) is 5.31. The van der Waals surface area contributed by atoms with Crippen molar-refractivity contribution in [1.29, 1.82) is 0 Å². The topological polar surface area (TPSA) is 38.3 Å². The monoisotopic (exact) mass is 155 g/mol. The molecule has 0 heterocycles. The third kappa shape index (κ3) is 6.88. The van der Waals surface area contributed by atoms with Crippen LogP contribution in [0.4, 0.5) is 0 Å². The molecular weight excluding hydrogens is 142 g/mol. The van der Waals surface area contributed by atoms with Crippen LogP contribution < -0.4 is 5.32 Å². The molecule has 0 fully saturated rings. The summed E-state index contributed by atoms with van der Waals surface area (Å²) in [4.78, 5) is 10.5. The highest BCUT2D eigenvalue weighted by Gasteiger charge is 1.96. The molecule has 0 saturated carbocycles. The van der Waals surface area contributed by atoms with Crippen molar-refractivity contribution in [2.24, 2.45) is 0 Å². The van der Waals surface area contributed by atoms with Crippen molar-refractivity contribution in [1.82, 2.24) is 5.32 Å². The Labute approximate surface area is 67.1 Å². The van der Waals surface area contributed by atoms with E-state index in [0.29, 0.717) is 19.5 Å². The molecule has 0 aliphatic carbocycles. The molecule has 0 aromatic rings. The van der Waals surface area contributed by atoms with Crippen LogP contribution in [0.2, 0.25) is 0 Å². The first kappa shape index (κ1) is 9.99. The molecule has 0 aliphatic heterocycles. The van der Waals surface area contributed by atoms with Crippen LogP contribution in [0.5, 0.6) is 0 Å². The third-order valence-corrected chi connectivity index (χ3v) is 1.12. The van der Waals surface area contributed by atoms with Gasteiger partial charge in [-0.05, 0) is 6.92 Å². The molecular formula is C8H13NO2. The summed E-state index contributed by atoms with van der Waals surface area (Å²) in [6, 6.07) is 0. The lowest BCUT2D eigenvalue weighted by molar-refractivity contribution is -0.140. The maximum absolute atomic E-state index is 10.5. The van der Waals surface area contributed by atoms with Crippen LogP contribution in [0.3, 0.4) is 0 Å². The van der Waals surface area contributed by atoms with E-state index in [4.69, 9.17) is 0 Å². The largest absolute Gasteiger partial charge is 0.469 e. The summed E-state index contributed by atoms with van der Waals surface area (Å²) in [5.74, 6) is 5.38. The molecule has 0 aliphatic rings. The van der Waals surface area contributed by atoms with E-state index >= 15 is 0 Å².